The van der Waals surface area contributed by atoms with Crippen LogP contribution in [0, 0.1) is 0 Å². The number of ether oxygens (including phenoxy) is 1. The van der Waals surface area contributed by atoms with Crippen LogP contribution in [0.5, 0.6) is 5.75 Å². The number of hydrogen-bond acceptors (Lipinski definition) is 3. The van der Waals surface area contributed by atoms with Crippen LogP contribution in [0.2, 0.25) is 0 Å². The van der Waals surface area contributed by atoms with Crippen molar-refractivity contribution in [3.05, 3.63) is 58.3 Å². The lowest BCUT2D eigenvalue weighted by Gasteiger charge is -2.17. The Bertz CT molecular complexity index is 582. The van der Waals surface area contributed by atoms with Crippen molar-refractivity contribution < 1.29 is 9.53 Å². The molecule has 0 N–H and O–H groups in total. The van der Waals surface area contributed by atoms with Gasteiger partial charge in [0.1, 0.15) is 11.4 Å². The number of hydrogen-bond donors (Lipinski definition) is 0. The van der Waals surface area contributed by atoms with Gasteiger partial charge >= 0.3 is 0 Å². The fourth-order valence-corrected chi connectivity index (χ4v) is 2.01. The van der Waals surface area contributed by atoms with Crippen molar-refractivity contribution in [2.45, 2.75) is 6.54 Å². The van der Waals surface area contributed by atoms with Crippen molar-refractivity contribution in [2.24, 2.45) is 0 Å². The average Bonchev–Trinajstić information content (AvgIpc) is 2.48. The molecule has 0 fully saturated rings. The number of rotatable bonds is 4. The summed E-state index contributed by atoms with van der Waals surface area (Å²) in [5.74, 6) is 0.700. The molecular formula is C15H15BrN2O2. The largest absolute Gasteiger partial charge is 0.497 e. The minimum absolute atomic E-state index is 0.103. The van der Waals surface area contributed by atoms with E-state index in [1.165, 1.54) is 0 Å². The quantitative estimate of drug-likeness (QED) is 0.862. The minimum atomic E-state index is -0.103. The summed E-state index contributed by atoms with van der Waals surface area (Å²) >= 11 is 3.30. The van der Waals surface area contributed by atoms with Gasteiger partial charge in [-0.15, -0.1) is 0 Å². The smallest absolute Gasteiger partial charge is 0.272 e. The first-order valence-corrected chi connectivity index (χ1v) is 6.89. The zero-order valence-electron chi connectivity index (χ0n) is 11.3. The zero-order chi connectivity index (χ0) is 14.5. The molecule has 0 aliphatic rings. The van der Waals surface area contributed by atoms with E-state index >= 15 is 0 Å². The van der Waals surface area contributed by atoms with Crippen LogP contribution >= 0.6 is 15.9 Å². The van der Waals surface area contributed by atoms with E-state index in [1.807, 2.05) is 24.3 Å². The highest BCUT2D eigenvalue weighted by atomic mass is 79.9. The third-order valence-corrected chi connectivity index (χ3v) is 3.34. The third-order valence-electron chi connectivity index (χ3n) is 2.87. The van der Waals surface area contributed by atoms with Gasteiger partial charge in [-0.2, -0.15) is 0 Å². The highest BCUT2D eigenvalue weighted by Gasteiger charge is 2.13. The van der Waals surface area contributed by atoms with Crippen LogP contribution in [0.25, 0.3) is 0 Å². The first kappa shape index (κ1) is 14.5. The van der Waals surface area contributed by atoms with Gasteiger partial charge in [0.2, 0.25) is 0 Å². The molecule has 0 unspecified atom stereocenters. The molecule has 104 valence electrons. The number of carbonyl (C=O) groups excluding carboxylic acids is 1. The molecule has 4 nitrogen and oxygen atoms in total. The van der Waals surface area contributed by atoms with Crippen LogP contribution in [-0.4, -0.2) is 29.9 Å². The molecule has 1 heterocycles. The highest BCUT2D eigenvalue weighted by molar-refractivity contribution is 9.10. The monoisotopic (exact) mass is 334 g/mol. The van der Waals surface area contributed by atoms with E-state index < -0.39 is 0 Å². The van der Waals surface area contributed by atoms with Crippen molar-refractivity contribution in [2.75, 3.05) is 14.2 Å². The van der Waals surface area contributed by atoms with Crippen LogP contribution in [0.1, 0.15) is 16.1 Å². The molecule has 2 rings (SSSR count). The lowest BCUT2D eigenvalue weighted by Crippen LogP contribution is -2.26. The van der Waals surface area contributed by atoms with Gasteiger partial charge in [-0.1, -0.05) is 12.1 Å². The predicted molar refractivity (Wildman–Crippen MR) is 80.7 cm³/mol. The summed E-state index contributed by atoms with van der Waals surface area (Å²) in [6, 6.07) is 11.2. The van der Waals surface area contributed by atoms with E-state index in [1.54, 1.807) is 37.4 Å². The summed E-state index contributed by atoms with van der Waals surface area (Å²) in [6.07, 6.45) is 1.62. The van der Waals surface area contributed by atoms with E-state index in [9.17, 15) is 4.79 Å². The number of methoxy groups -OCH3 is 1. The number of aromatic nitrogens is 1. The van der Waals surface area contributed by atoms with Crippen LogP contribution in [0.4, 0.5) is 0 Å². The van der Waals surface area contributed by atoms with Gasteiger partial charge in [-0.05, 0) is 45.8 Å². The predicted octanol–water partition coefficient (Wildman–Crippen LogP) is 3.12. The van der Waals surface area contributed by atoms with E-state index in [2.05, 4.69) is 20.9 Å². The van der Waals surface area contributed by atoms with E-state index in [0.29, 0.717) is 12.2 Å². The standard InChI is InChI=1S/C15H15BrN2O2/c1-18(10-11-3-6-13(20-2)7-4-11)15(19)14-8-5-12(16)9-17-14/h3-9H,10H2,1-2H3. The second-order valence-corrected chi connectivity index (χ2v) is 5.29. The highest BCUT2D eigenvalue weighted by Crippen LogP contribution is 2.14. The Morgan fingerprint density at radius 3 is 2.50 bits per heavy atom. The third kappa shape index (κ3) is 3.57. The molecule has 0 atom stereocenters. The molecule has 1 amide bonds. The molecule has 1 aromatic carbocycles. The number of pyridine rings is 1. The first-order chi connectivity index (χ1) is 9.60. The molecule has 0 radical (unpaired) electrons. The van der Waals surface area contributed by atoms with Crippen molar-refractivity contribution in [1.29, 1.82) is 0 Å². The van der Waals surface area contributed by atoms with Gasteiger partial charge in [0, 0.05) is 24.3 Å². The molecule has 0 aliphatic heterocycles. The molecule has 2 aromatic rings. The van der Waals surface area contributed by atoms with Crippen LogP contribution in [0.3, 0.4) is 0 Å². The fourth-order valence-electron chi connectivity index (χ4n) is 1.77. The summed E-state index contributed by atoms with van der Waals surface area (Å²) in [5.41, 5.74) is 1.47. The Morgan fingerprint density at radius 2 is 1.95 bits per heavy atom. The lowest BCUT2D eigenvalue weighted by atomic mass is 10.2. The van der Waals surface area contributed by atoms with E-state index in [-0.39, 0.29) is 5.91 Å². The van der Waals surface area contributed by atoms with Gasteiger partial charge in [-0.25, -0.2) is 4.98 Å². The van der Waals surface area contributed by atoms with Crippen LogP contribution < -0.4 is 4.74 Å². The maximum Gasteiger partial charge on any atom is 0.272 e. The number of halogens is 1. The van der Waals surface area contributed by atoms with E-state index in [4.69, 9.17) is 4.74 Å². The average molecular weight is 335 g/mol. The van der Waals surface area contributed by atoms with E-state index in [0.717, 1.165) is 15.8 Å². The second kappa shape index (κ2) is 6.52. The second-order valence-electron chi connectivity index (χ2n) is 4.37. The SMILES string of the molecule is COc1ccc(CN(C)C(=O)c2ccc(Br)cn2)cc1. The molecular weight excluding hydrogens is 320 g/mol. The van der Waals surface area contributed by atoms with Crippen LogP contribution in [0.15, 0.2) is 47.1 Å². The summed E-state index contributed by atoms with van der Waals surface area (Å²) in [5, 5.41) is 0. The number of benzene rings is 1. The maximum atomic E-state index is 12.2. The van der Waals surface area contributed by atoms with Crippen LogP contribution in [-0.2, 0) is 6.54 Å². The fraction of sp³-hybridized carbons (Fsp3) is 0.200. The molecule has 5 heteroatoms. The minimum Gasteiger partial charge on any atom is -0.497 e. The van der Waals surface area contributed by atoms with Gasteiger partial charge in [0.15, 0.2) is 0 Å². The molecule has 1 aromatic heterocycles. The Morgan fingerprint density at radius 1 is 1.25 bits per heavy atom. The summed E-state index contributed by atoms with van der Waals surface area (Å²) < 4.78 is 5.96. The first-order valence-electron chi connectivity index (χ1n) is 6.10. The molecule has 0 bridgehead atoms. The van der Waals surface area contributed by atoms with Crippen molar-refractivity contribution in [3.8, 4) is 5.75 Å². The number of amides is 1. The summed E-state index contributed by atoms with van der Waals surface area (Å²) in [6.45, 7) is 0.528. The Hall–Kier alpha value is -1.88. The molecule has 0 saturated heterocycles. The molecule has 20 heavy (non-hydrogen) atoms. The molecule has 0 spiro atoms. The summed E-state index contributed by atoms with van der Waals surface area (Å²) in [7, 11) is 3.39. The number of nitrogens with zero attached hydrogens (tertiary/aromatic N) is 2. The van der Waals surface area contributed by atoms with Gasteiger partial charge in [0.25, 0.3) is 5.91 Å². The van der Waals surface area contributed by atoms with Gasteiger partial charge in [0.05, 0.1) is 7.11 Å². The van der Waals surface area contributed by atoms with Gasteiger partial charge < -0.3 is 9.64 Å². The lowest BCUT2D eigenvalue weighted by molar-refractivity contribution is 0.0779. The maximum absolute atomic E-state index is 12.2. The Labute approximate surface area is 126 Å². The molecule has 0 aliphatic carbocycles. The number of carbonyl (C=O) groups is 1. The normalized spacial score (nSPS) is 10.2. The van der Waals surface area contributed by atoms with Crippen molar-refractivity contribution in [1.82, 2.24) is 9.88 Å². The van der Waals surface area contributed by atoms with Crippen molar-refractivity contribution >= 4 is 21.8 Å². The Kier molecular flexibility index (Phi) is 4.74. The topological polar surface area (TPSA) is 42.4 Å². The van der Waals surface area contributed by atoms with Crippen molar-refractivity contribution in [3.63, 3.8) is 0 Å². The Balaban J connectivity index is 2.04. The summed E-state index contributed by atoms with van der Waals surface area (Å²) in [4.78, 5) is 18.0. The molecule has 0 saturated carbocycles. The zero-order valence-corrected chi connectivity index (χ0v) is 12.9. The van der Waals surface area contributed by atoms with Gasteiger partial charge in [-0.3, -0.25) is 4.79 Å².